The highest BCUT2D eigenvalue weighted by atomic mass is 79.9. The summed E-state index contributed by atoms with van der Waals surface area (Å²) in [6.45, 7) is 1.75. The molecule has 0 aliphatic rings. The van der Waals surface area contributed by atoms with E-state index in [1.54, 1.807) is 13.0 Å². The third-order valence-electron chi connectivity index (χ3n) is 1.71. The van der Waals surface area contributed by atoms with Crippen LogP contribution in [0.25, 0.3) is 11.4 Å². The SMILES string of the molecule is Cc1nc(-c2ccc(Br)c(Cl)c2)no1. The third kappa shape index (κ3) is 1.81. The summed E-state index contributed by atoms with van der Waals surface area (Å²) in [5, 5.41) is 4.43. The standard InChI is InChI=1S/C9H6BrClN2O/c1-5-12-9(13-14-5)6-2-3-7(10)8(11)4-6/h2-4H,1H3. The maximum Gasteiger partial charge on any atom is 0.223 e. The van der Waals surface area contributed by atoms with Gasteiger partial charge in [0.1, 0.15) is 0 Å². The molecule has 72 valence electrons. The van der Waals surface area contributed by atoms with Crippen molar-refractivity contribution in [1.82, 2.24) is 10.1 Å². The van der Waals surface area contributed by atoms with Crippen LogP contribution in [0.4, 0.5) is 0 Å². The lowest BCUT2D eigenvalue weighted by Gasteiger charge is -1.97. The Labute approximate surface area is 94.2 Å². The highest BCUT2D eigenvalue weighted by Gasteiger charge is 2.07. The molecule has 3 nitrogen and oxygen atoms in total. The molecule has 0 N–H and O–H groups in total. The molecule has 0 aliphatic carbocycles. The van der Waals surface area contributed by atoms with Crippen molar-refractivity contribution in [2.24, 2.45) is 0 Å². The molecule has 5 heteroatoms. The molecule has 0 saturated heterocycles. The monoisotopic (exact) mass is 272 g/mol. The van der Waals surface area contributed by atoms with Crippen molar-refractivity contribution in [1.29, 1.82) is 0 Å². The Kier molecular flexibility index (Phi) is 2.56. The van der Waals surface area contributed by atoms with E-state index >= 15 is 0 Å². The molecule has 2 rings (SSSR count). The highest BCUT2D eigenvalue weighted by molar-refractivity contribution is 9.10. The number of hydrogen-bond acceptors (Lipinski definition) is 3. The van der Waals surface area contributed by atoms with Crippen LogP contribution in [0.1, 0.15) is 5.89 Å². The van der Waals surface area contributed by atoms with Crippen molar-refractivity contribution in [2.75, 3.05) is 0 Å². The summed E-state index contributed by atoms with van der Waals surface area (Å²) < 4.78 is 5.72. The van der Waals surface area contributed by atoms with Gasteiger partial charge >= 0.3 is 0 Å². The van der Waals surface area contributed by atoms with Gasteiger partial charge in [-0.1, -0.05) is 16.8 Å². The van der Waals surface area contributed by atoms with E-state index in [0.29, 0.717) is 16.7 Å². The van der Waals surface area contributed by atoms with Crippen LogP contribution < -0.4 is 0 Å². The average Bonchev–Trinajstić information content (AvgIpc) is 2.57. The molecule has 0 fully saturated rings. The van der Waals surface area contributed by atoms with Crippen LogP contribution in [-0.4, -0.2) is 10.1 Å². The van der Waals surface area contributed by atoms with Gasteiger partial charge in [0.25, 0.3) is 0 Å². The topological polar surface area (TPSA) is 38.9 Å². The summed E-state index contributed by atoms with van der Waals surface area (Å²) in [5.41, 5.74) is 0.843. The Hall–Kier alpha value is -0.870. The van der Waals surface area contributed by atoms with E-state index in [1.807, 2.05) is 12.1 Å². The quantitative estimate of drug-likeness (QED) is 0.798. The first-order valence-electron chi connectivity index (χ1n) is 3.92. The zero-order valence-corrected chi connectivity index (χ0v) is 9.63. The lowest BCUT2D eigenvalue weighted by atomic mass is 10.2. The number of hydrogen-bond donors (Lipinski definition) is 0. The molecular weight excluding hydrogens is 267 g/mol. The van der Waals surface area contributed by atoms with E-state index in [4.69, 9.17) is 16.1 Å². The summed E-state index contributed by atoms with van der Waals surface area (Å²) in [7, 11) is 0. The zero-order valence-electron chi connectivity index (χ0n) is 7.29. The van der Waals surface area contributed by atoms with Crippen LogP contribution in [-0.2, 0) is 0 Å². The van der Waals surface area contributed by atoms with E-state index in [0.717, 1.165) is 10.0 Å². The first-order valence-corrected chi connectivity index (χ1v) is 5.09. The fourth-order valence-electron chi connectivity index (χ4n) is 1.05. The van der Waals surface area contributed by atoms with E-state index in [9.17, 15) is 0 Å². The second-order valence-electron chi connectivity index (χ2n) is 2.77. The number of aryl methyl sites for hydroxylation is 1. The molecule has 1 aromatic carbocycles. The fourth-order valence-corrected chi connectivity index (χ4v) is 1.48. The minimum Gasteiger partial charge on any atom is -0.339 e. The fraction of sp³-hybridized carbons (Fsp3) is 0.111. The van der Waals surface area contributed by atoms with E-state index < -0.39 is 0 Å². The summed E-state index contributed by atoms with van der Waals surface area (Å²) in [6, 6.07) is 5.51. The van der Waals surface area contributed by atoms with E-state index in [2.05, 4.69) is 26.1 Å². The van der Waals surface area contributed by atoms with Crippen LogP contribution >= 0.6 is 27.5 Å². The largest absolute Gasteiger partial charge is 0.339 e. The van der Waals surface area contributed by atoms with E-state index in [-0.39, 0.29) is 0 Å². The minimum atomic E-state index is 0.541. The third-order valence-corrected chi connectivity index (χ3v) is 2.94. The lowest BCUT2D eigenvalue weighted by Crippen LogP contribution is -1.81. The van der Waals surface area contributed by atoms with Gasteiger partial charge in [0, 0.05) is 17.0 Å². The Balaban J connectivity index is 2.47. The average molecular weight is 274 g/mol. The molecule has 0 spiro atoms. The van der Waals surface area contributed by atoms with Crippen LogP contribution in [0.15, 0.2) is 27.2 Å². The molecule has 0 saturated carbocycles. The maximum atomic E-state index is 5.94. The molecule has 0 radical (unpaired) electrons. The van der Waals surface area contributed by atoms with Gasteiger partial charge < -0.3 is 4.52 Å². The summed E-state index contributed by atoms with van der Waals surface area (Å²) in [4.78, 5) is 4.10. The van der Waals surface area contributed by atoms with Crippen LogP contribution in [0.3, 0.4) is 0 Å². The van der Waals surface area contributed by atoms with Crippen molar-refractivity contribution >= 4 is 27.5 Å². The van der Waals surface area contributed by atoms with E-state index in [1.165, 1.54) is 0 Å². The Bertz CT molecular complexity index is 470. The first-order chi connectivity index (χ1) is 6.66. The minimum absolute atomic E-state index is 0.541. The van der Waals surface area contributed by atoms with Crippen molar-refractivity contribution in [3.05, 3.63) is 33.6 Å². The molecule has 0 bridgehead atoms. The van der Waals surface area contributed by atoms with Gasteiger partial charge in [-0.3, -0.25) is 0 Å². The van der Waals surface area contributed by atoms with Crippen molar-refractivity contribution in [3.63, 3.8) is 0 Å². The smallest absolute Gasteiger partial charge is 0.223 e. The number of aromatic nitrogens is 2. The van der Waals surface area contributed by atoms with Gasteiger partial charge in [-0.25, -0.2) is 0 Å². The Morgan fingerprint density at radius 2 is 2.21 bits per heavy atom. The van der Waals surface area contributed by atoms with Gasteiger partial charge in [-0.15, -0.1) is 0 Å². The predicted molar refractivity (Wildman–Crippen MR) is 57.2 cm³/mol. The molecular formula is C9H6BrClN2O. The summed E-state index contributed by atoms with van der Waals surface area (Å²) >= 11 is 9.25. The molecule has 0 atom stereocenters. The molecule has 0 amide bonds. The summed E-state index contributed by atoms with van der Waals surface area (Å²) in [6.07, 6.45) is 0. The molecule has 0 unspecified atom stereocenters. The van der Waals surface area contributed by atoms with Crippen molar-refractivity contribution < 1.29 is 4.52 Å². The Morgan fingerprint density at radius 3 is 2.79 bits per heavy atom. The second-order valence-corrected chi connectivity index (χ2v) is 4.03. The van der Waals surface area contributed by atoms with Gasteiger partial charge in [-0.2, -0.15) is 4.98 Å². The van der Waals surface area contributed by atoms with Gasteiger partial charge in [0.05, 0.1) is 5.02 Å². The lowest BCUT2D eigenvalue weighted by molar-refractivity contribution is 0.394. The first kappa shape index (κ1) is 9.68. The summed E-state index contributed by atoms with van der Waals surface area (Å²) in [5.74, 6) is 1.09. The van der Waals surface area contributed by atoms with Crippen LogP contribution in [0, 0.1) is 6.92 Å². The van der Waals surface area contributed by atoms with Crippen LogP contribution in [0.5, 0.6) is 0 Å². The molecule has 1 aromatic heterocycles. The van der Waals surface area contributed by atoms with Gasteiger partial charge in [-0.05, 0) is 34.1 Å². The van der Waals surface area contributed by atoms with Crippen molar-refractivity contribution in [2.45, 2.75) is 6.92 Å². The van der Waals surface area contributed by atoms with Crippen LogP contribution in [0.2, 0.25) is 5.02 Å². The number of rotatable bonds is 1. The highest BCUT2D eigenvalue weighted by Crippen LogP contribution is 2.27. The molecule has 1 heterocycles. The maximum absolute atomic E-state index is 5.94. The van der Waals surface area contributed by atoms with Gasteiger partial charge in [0.15, 0.2) is 0 Å². The predicted octanol–water partition coefficient (Wildman–Crippen LogP) is 3.46. The second kappa shape index (κ2) is 3.71. The molecule has 0 aliphatic heterocycles. The van der Waals surface area contributed by atoms with Gasteiger partial charge in [0.2, 0.25) is 11.7 Å². The number of benzene rings is 1. The molecule has 14 heavy (non-hydrogen) atoms. The zero-order chi connectivity index (χ0) is 10.1. The molecule has 2 aromatic rings. The van der Waals surface area contributed by atoms with Crippen molar-refractivity contribution in [3.8, 4) is 11.4 Å². The number of halogens is 2. The number of nitrogens with zero attached hydrogens (tertiary/aromatic N) is 2. The normalized spacial score (nSPS) is 10.5. The Morgan fingerprint density at radius 1 is 1.43 bits per heavy atom.